The molecule has 2 unspecified atom stereocenters. The Morgan fingerprint density at radius 2 is 1.91 bits per heavy atom. The molecule has 0 saturated carbocycles. The third kappa shape index (κ3) is 6.20. The van der Waals surface area contributed by atoms with Gasteiger partial charge in [0, 0.05) is 15.9 Å². The van der Waals surface area contributed by atoms with Crippen LogP contribution >= 0.6 is 34.5 Å². The van der Waals surface area contributed by atoms with E-state index in [2.05, 4.69) is 0 Å². The minimum Gasteiger partial charge on any atom is -0.481 e. The number of amides is 1. The highest BCUT2D eigenvalue weighted by atomic mass is 35.5. The van der Waals surface area contributed by atoms with Gasteiger partial charge in [0.1, 0.15) is 12.2 Å². The molecule has 7 nitrogen and oxygen atoms in total. The number of hydrogen-bond acceptors (Lipinski definition) is 6. The first kappa shape index (κ1) is 27.9. The van der Waals surface area contributed by atoms with Gasteiger partial charge in [-0.3, -0.25) is 9.59 Å². The summed E-state index contributed by atoms with van der Waals surface area (Å²) in [4.78, 5) is 27.5. The van der Waals surface area contributed by atoms with Crippen LogP contribution in [0.4, 0.5) is 0 Å². The first-order valence-corrected chi connectivity index (χ1v) is 14.4. The molecule has 1 aromatic carbocycles. The van der Waals surface area contributed by atoms with Gasteiger partial charge >= 0.3 is 5.97 Å². The van der Waals surface area contributed by atoms with Crippen molar-refractivity contribution in [3.05, 3.63) is 56.2 Å². The molecule has 1 aliphatic rings. The van der Waals surface area contributed by atoms with Crippen LogP contribution < -0.4 is 0 Å². The lowest BCUT2D eigenvalue weighted by Gasteiger charge is -2.47. The number of halogens is 2. The SMILES string of the molecule is CCC(CS(=O)(=O)C(C)(C)C)N1C(=O)C(CC(=O)O)O[C@H](c2cccc(Cl)c2)[C@H]1c1ccc(Cl)s1. The van der Waals surface area contributed by atoms with Crippen molar-refractivity contribution in [1.29, 1.82) is 0 Å². The minimum absolute atomic E-state index is 0.267. The van der Waals surface area contributed by atoms with Crippen LogP contribution in [-0.2, 0) is 24.2 Å². The number of sulfone groups is 1. The van der Waals surface area contributed by atoms with Gasteiger partial charge < -0.3 is 14.7 Å². The van der Waals surface area contributed by atoms with Crippen LogP contribution in [0.3, 0.4) is 0 Å². The molecule has 2 aromatic rings. The average Bonchev–Trinajstić information content (AvgIpc) is 3.18. The lowest BCUT2D eigenvalue weighted by Crippen LogP contribution is -2.57. The number of carbonyl (C=O) groups excluding carboxylic acids is 1. The predicted octanol–water partition coefficient (Wildman–Crippen LogP) is 5.53. The Balaban J connectivity index is 2.19. The van der Waals surface area contributed by atoms with E-state index < -0.39 is 57.2 Å². The topological polar surface area (TPSA) is 101 Å². The number of ether oxygens (including phenoxy) is 1. The van der Waals surface area contributed by atoms with Gasteiger partial charge in [-0.25, -0.2) is 8.42 Å². The normalized spacial score (nSPS) is 22.3. The van der Waals surface area contributed by atoms with Crippen LogP contribution in [-0.4, -0.2) is 52.9 Å². The number of carbonyl (C=O) groups is 2. The highest BCUT2D eigenvalue weighted by Gasteiger charge is 2.49. The third-order valence-electron chi connectivity index (χ3n) is 6.06. The molecule has 4 atom stereocenters. The van der Waals surface area contributed by atoms with E-state index in [1.54, 1.807) is 57.2 Å². The predicted molar refractivity (Wildman–Crippen MR) is 138 cm³/mol. The number of nitrogens with zero attached hydrogens (tertiary/aromatic N) is 1. The van der Waals surface area contributed by atoms with Crippen molar-refractivity contribution in [2.75, 3.05) is 5.75 Å². The zero-order chi connectivity index (χ0) is 26.1. The van der Waals surface area contributed by atoms with Crippen molar-refractivity contribution in [3.8, 4) is 0 Å². The summed E-state index contributed by atoms with van der Waals surface area (Å²) in [6.07, 6.45) is -2.27. The van der Waals surface area contributed by atoms with E-state index in [1.165, 1.54) is 16.2 Å². The van der Waals surface area contributed by atoms with E-state index in [0.29, 0.717) is 26.2 Å². The van der Waals surface area contributed by atoms with Crippen LogP contribution in [0, 0.1) is 0 Å². The maximum atomic E-state index is 13.7. The Bertz CT molecular complexity index is 1190. The molecule has 2 heterocycles. The number of carboxylic acids is 1. The molecule has 0 aliphatic carbocycles. The highest BCUT2D eigenvalue weighted by Crippen LogP contribution is 2.47. The molecule has 11 heteroatoms. The molecule has 0 bridgehead atoms. The van der Waals surface area contributed by atoms with Gasteiger partial charge in [0.05, 0.1) is 27.3 Å². The zero-order valence-electron chi connectivity index (χ0n) is 19.9. The molecular weight excluding hydrogens is 533 g/mol. The van der Waals surface area contributed by atoms with Crippen LogP contribution in [0.15, 0.2) is 36.4 Å². The summed E-state index contributed by atoms with van der Waals surface area (Å²) in [7, 11) is -3.61. The van der Waals surface area contributed by atoms with Gasteiger partial charge in [-0.15, -0.1) is 11.3 Å². The number of rotatable bonds is 8. The molecule has 1 aliphatic heterocycles. The molecule has 0 radical (unpaired) electrons. The second kappa shape index (κ2) is 10.8. The van der Waals surface area contributed by atoms with E-state index in [-0.39, 0.29) is 5.75 Å². The fourth-order valence-corrected chi connectivity index (χ4v) is 6.86. The Hall–Kier alpha value is -1.65. The molecule has 0 spiro atoms. The average molecular weight is 563 g/mol. The standard InChI is InChI=1S/C24H29Cl2NO6S2/c1-5-16(13-35(31,32)24(2,3)4)27-21(18-9-10-19(26)34-18)22(14-7-6-8-15(25)11-14)33-17(23(27)30)12-20(28)29/h6-11,16-17,21-22H,5,12-13H2,1-4H3,(H,28,29)/t16?,17?,21-,22-/m1/s1. The molecule has 35 heavy (non-hydrogen) atoms. The van der Waals surface area contributed by atoms with Crippen LogP contribution in [0.25, 0.3) is 0 Å². The van der Waals surface area contributed by atoms with Crippen molar-refractivity contribution >= 4 is 56.3 Å². The van der Waals surface area contributed by atoms with Crippen LogP contribution in [0.5, 0.6) is 0 Å². The van der Waals surface area contributed by atoms with Crippen LogP contribution in [0.2, 0.25) is 9.36 Å². The third-order valence-corrected chi connectivity index (χ3v) is 10.3. The molecular formula is C24H29Cl2NO6S2. The van der Waals surface area contributed by atoms with Crippen molar-refractivity contribution < 1.29 is 27.9 Å². The smallest absolute Gasteiger partial charge is 0.306 e. The maximum absolute atomic E-state index is 13.7. The Morgan fingerprint density at radius 1 is 1.23 bits per heavy atom. The molecule has 1 aromatic heterocycles. The fraction of sp³-hybridized carbons (Fsp3) is 0.500. The molecule has 1 amide bonds. The quantitative estimate of drug-likeness (QED) is 0.454. The van der Waals surface area contributed by atoms with Crippen molar-refractivity contribution in [2.24, 2.45) is 0 Å². The second-order valence-electron chi connectivity index (χ2n) is 9.49. The minimum atomic E-state index is -3.61. The summed E-state index contributed by atoms with van der Waals surface area (Å²) in [6.45, 7) is 6.67. The van der Waals surface area contributed by atoms with Crippen molar-refractivity contribution in [1.82, 2.24) is 4.90 Å². The first-order valence-electron chi connectivity index (χ1n) is 11.2. The van der Waals surface area contributed by atoms with E-state index in [4.69, 9.17) is 27.9 Å². The lowest BCUT2D eigenvalue weighted by atomic mass is 9.93. The van der Waals surface area contributed by atoms with Gasteiger partial charge in [0.2, 0.25) is 0 Å². The van der Waals surface area contributed by atoms with Gasteiger partial charge in [0.25, 0.3) is 5.91 Å². The second-order valence-corrected chi connectivity index (χ2v) is 14.5. The molecule has 1 N–H and O–H groups in total. The van der Waals surface area contributed by atoms with E-state index >= 15 is 0 Å². The Morgan fingerprint density at radius 3 is 2.43 bits per heavy atom. The number of thiophene rings is 1. The summed E-state index contributed by atoms with van der Waals surface area (Å²) < 4.78 is 32.0. The summed E-state index contributed by atoms with van der Waals surface area (Å²) >= 11 is 13.7. The van der Waals surface area contributed by atoms with E-state index in [1.807, 2.05) is 6.92 Å². The summed E-state index contributed by atoms with van der Waals surface area (Å²) in [5.41, 5.74) is 0.647. The molecule has 192 valence electrons. The van der Waals surface area contributed by atoms with E-state index in [0.717, 1.165) is 0 Å². The molecule has 3 rings (SSSR count). The van der Waals surface area contributed by atoms with Gasteiger partial charge in [-0.1, -0.05) is 42.3 Å². The largest absolute Gasteiger partial charge is 0.481 e. The number of benzene rings is 1. The first-order chi connectivity index (χ1) is 16.2. The van der Waals surface area contributed by atoms with Gasteiger partial charge in [-0.05, 0) is 57.0 Å². The number of morpholine rings is 1. The van der Waals surface area contributed by atoms with Crippen LogP contribution in [0.1, 0.15) is 63.1 Å². The van der Waals surface area contributed by atoms with E-state index in [9.17, 15) is 23.1 Å². The monoisotopic (exact) mass is 561 g/mol. The number of carboxylic acid groups (broad SMARTS) is 1. The summed E-state index contributed by atoms with van der Waals surface area (Å²) in [6, 6.07) is 8.99. The lowest BCUT2D eigenvalue weighted by molar-refractivity contribution is -0.182. The summed E-state index contributed by atoms with van der Waals surface area (Å²) in [5, 5.41) is 9.92. The van der Waals surface area contributed by atoms with Gasteiger partial charge in [-0.2, -0.15) is 0 Å². The van der Waals surface area contributed by atoms with Crippen molar-refractivity contribution in [3.63, 3.8) is 0 Å². The highest BCUT2D eigenvalue weighted by molar-refractivity contribution is 7.92. The number of aliphatic carboxylic acids is 1. The molecule has 1 saturated heterocycles. The summed E-state index contributed by atoms with van der Waals surface area (Å²) in [5.74, 6) is -2.02. The maximum Gasteiger partial charge on any atom is 0.306 e. The van der Waals surface area contributed by atoms with Crippen molar-refractivity contribution in [2.45, 2.75) is 69.6 Å². The Kier molecular flexibility index (Phi) is 8.59. The number of hydrogen-bond donors (Lipinski definition) is 1. The zero-order valence-corrected chi connectivity index (χ0v) is 23.0. The van der Waals surface area contributed by atoms with Gasteiger partial charge in [0.15, 0.2) is 9.84 Å². The fourth-order valence-electron chi connectivity index (χ4n) is 4.08. The Labute approximate surface area is 219 Å². The molecule has 1 fully saturated rings.